The lowest BCUT2D eigenvalue weighted by atomic mass is 10.2. The Bertz CT molecular complexity index is 953. The Morgan fingerprint density at radius 1 is 1.21 bits per heavy atom. The highest BCUT2D eigenvalue weighted by atomic mass is 79.9. The van der Waals surface area contributed by atoms with Crippen molar-refractivity contribution < 1.29 is 4.79 Å². The van der Waals surface area contributed by atoms with Crippen LogP contribution < -0.4 is 10.6 Å². The Labute approximate surface area is 146 Å². The molecule has 0 aliphatic carbocycles. The van der Waals surface area contributed by atoms with Gasteiger partial charge in [-0.1, -0.05) is 15.9 Å². The minimum absolute atomic E-state index is 0.0253. The third kappa shape index (κ3) is 3.62. The number of halogens is 1. The number of H-pyrrole nitrogens is 1. The fourth-order valence-corrected chi connectivity index (χ4v) is 2.33. The summed E-state index contributed by atoms with van der Waals surface area (Å²) in [4.78, 5) is 12.2. The first-order chi connectivity index (χ1) is 11.7. The van der Waals surface area contributed by atoms with Gasteiger partial charge < -0.3 is 10.6 Å². The van der Waals surface area contributed by atoms with Crippen LogP contribution in [0, 0.1) is 11.3 Å². The lowest BCUT2D eigenvalue weighted by molar-refractivity contribution is -0.112. The highest BCUT2D eigenvalue weighted by Gasteiger charge is 2.09. The number of aromatic amines is 1. The van der Waals surface area contributed by atoms with E-state index in [4.69, 9.17) is 0 Å². The summed E-state index contributed by atoms with van der Waals surface area (Å²) >= 11 is 3.33. The molecule has 0 spiro atoms. The summed E-state index contributed by atoms with van der Waals surface area (Å²) in [5.74, 6) is -0.477. The molecule has 0 bridgehead atoms. The van der Waals surface area contributed by atoms with Crippen molar-refractivity contribution in [3.05, 3.63) is 64.9 Å². The van der Waals surface area contributed by atoms with Crippen molar-refractivity contribution in [2.75, 3.05) is 10.6 Å². The van der Waals surface area contributed by atoms with Gasteiger partial charge in [-0.25, -0.2) is 0 Å². The summed E-state index contributed by atoms with van der Waals surface area (Å²) in [5, 5.41) is 22.6. The summed E-state index contributed by atoms with van der Waals surface area (Å²) in [6.07, 6.45) is 3.10. The fourth-order valence-electron chi connectivity index (χ4n) is 2.06. The number of nitriles is 1. The largest absolute Gasteiger partial charge is 0.360 e. The van der Waals surface area contributed by atoms with E-state index in [2.05, 4.69) is 36.8 Å². The Kier molecular flexibility index (Phi) is 4.59. The zero-order valence-electron chi connectivity index (χ0n) is 12.4. The van der Waals surface area contributed by atoms with Crippen LogP contribution in [-0.2, 0) is 4.79 Å². The van der Waals surface area contributed by atoms with Gasteiger partial charge in [0.05, 0.1) is 11.7 Å². The number of aromatic nitrogens is 2. The van der Waals surface area contributed by atoms with Crippen molar-refractivity contribution in [3.63, 3.8) is 0 Å². The Hall–Kier alpha value is -3.11. The molecular formula is C17H12BrN5O. The van der Waals surface area contributed by atoms with E-state index in [9.17, 15) is 10.1 Å². The molecule has 1 heterocycles. The Morgan fingerprint density at radius 2 is 1.96 bits per heavy atom. The first-order valence-corrected chi connectivity index (χ1v) is 7.82. The van der Waals surface area contributed by atoms with Crippen LogP contribution in [-0.4, -0.2) is 16.1 Å². The van der Waals surface area contributed by atoms with E-state index in [0.717, 1.165) is 21.1 Å². The number of amides is 1. The van der Waals surface area contributed by atoms with Gasteiger partial charge in [0.15, 0.2) is 0 Å². The SMILES string of the molecule is N#C/C(=C/Nc1ccc2cn[nH]c2c1)C(=O)Nc1ccc(Br)cc1. The predicted molar refractivity (Wildman–Crippen MR) is 96.2 cm³/mol. The summed E-state index contributed by atoms with van der Waals surface area (Å²) < 4.78 is 0.910. The van der Waals surface area contributed by atoms with Gasteiger partial charge in [0.2, 0.25) is 0 Å². The first kappa shape index (κ1) is 15.8. The van der Waals surface area contributed by atoms with E-state index >= 15 is 0 Å². The van der Waals surface area contributed by atoms with Crippen LogP contribution in [0.5, 0.6) is 0 Å². The number of nitrogens with one attached hydrogen (secondary N) is 3. The van der Waals surface area contributed by atoms with E-state index in [0.29, 0.717) is 5.69 Å². The number of anilines is 2. The molecule has 3 aromatic rings. The molecule has 0 radical (unpaired) electrons. The fraction of sp³-hybridized carbons (Fsp3) is 0. The van der Waals surface area contributed by atoms with Crippen LogP contribution in [0.3, 0.4) is 0 Å². The van der Waals surface area contributed by atoms with E-state index in [-0.39, 0.29) is 5.57 Å². The molecule has 0 saturated carbocycles. The molecule has 118 valence electrons. The molecule has 0 saturated heterocycles. The van der Waals surface area contributed by atoms with Crippen molar-refractivity contribution in [2.24, 2.45) is 0 Å². The molecule has 0 aliphatic heterocycles. The highest BCUT2D eigenvalue weighted by molar-refractivity contribution is 9.10. The first-order valence-electron chi connectivity index (χ1n) is 7.02. The van der Waals surface area contributed by atoms with Crippen molar-refractivity contribution >= 4 is 44.1 Å². The zero-order chi connectivity index (χ0) is 16.9. The van der Waals surface area contributed by atoms with Gasteiger partial charge in [-0.05, 0) is 42.5 Å². The smallest absolute Gasteiger partial charge is 0.267 e. The number of carbonyl (C=O) groups is 1. The lowest BCUT2D eigenvalue weighted by Crippen LogP contribution is -2.14. The molecule has 0 unspecified atom stereocenters. The van der Waals surface area contributed by atoms with Gasteiger partial charge in [0.25, 0.3) is 5.91 Å². The number of rotatable bonds is 4. The lowest BCUT2D eigenvalue weighted by Gasteiger charge is -2.05. The van der Waals surface area contributed by atoms with Crippen LogP contribution >= 0.6 is 15.9 Å². The number of fused-ring (bicyclic) bond motifs is 1. The summed E-state index contributed by atoms with van der Waals surface area (Å²) in [6, 6.07) is 14.6. The molecule has 3 rings (SSSR count). The average molecular weight is 382 g/mol. The maximum Gasteiger partial charge on any atom is 0.267 e. The quantitative estimate of drug-likeness (QED) is 0.473. The van der Waals surface area contributed by atoms with E-state index in [1.165, 1.54) is 6.20 Å². The van der Waals surface area contributed by atoms with Crippen LogP contribution in [0.1, 0.15) is 0 Å². The molecule has 24 heavy (non-hydrogen) atoms. The summed E-state index contributed by atoms with van der Waals surface area (Å²) in [6.45, 7) is 0. The van der Waals surface area contributed by atoms with Gasteiger partial charge >= 0.3 is 0 Å². The monoisotopic (exact) mass is 381 g/mol. The minimum Gasteiger partial charge on any atom is -0.360 e. The molecular weight excluding hydrogens is 370 g/mol. The van der Waals surface area contributed by atoms with Gasteiger partial charge in [-0.15, -0.1) is 0 Å². The second-order valence-corrected chi connectivity index (χ2v) is 5.86. The second-order valence-electron chi connectivity index (χ2n) is 4.95. The topological polar surface area (TPSA) is 93.6 Å². The van der Waals surface area contributed by atoms with Gasteiger partial charge in [0.1, 0.15) is 11.6 Å². The van der Waals surface area contributed by atoms with E-state index in [1.54, 1.807) is 18.3 Å². The molecule has 0 aliphatic rings. The van der Waals surface area contributed by atoms with Crippen LogP contribution in [0.25, 0.3) is 10.9 Å². The Morgan fingerprint density at radius 3 is 2.71 bits per heavy atom. The normalized spacial score (nSPS) is 11.1. The number of carbonyl (C=O) groups excluding carboxylic acids is 1. The van der Waals surface area contributed by atoms with E-state index in [1.807, 2.05) is 36.4 Å². The number of nitrogens with zero attached hydrogens (tertiary/aromatic N) is 2. The third-order valence-corrected chi connectivity index (χ3v) is 3.82. The molecule has 1 aromatic heterocycles. The molecule has 0 fully saturated rings. The number of benzene rings is 2. The van der Waals surface area contributed by atoms with Crippen LogP contribution in [0.4, 0.5) is 11.4 Å². The summed E-state index contributed by atoms with van der Waals surface area (Å²) in [5.41, 5.74) is 2.20. The van der Waals surface area contributed by atoms with Crippen LogP contribution in [0.15, 0.2) is 64.9 Å². The minimum atomic E-state index is -0.477. The average Bonchev–Trinajstić information content (AvgIpc) is 3.05. The third-order valence-electron chi connectivity index (χ3n) is 3.29. The van der Waals surface area contributed by atoms with Crippen molar-refractivity contribution in [1.82, 2.24) is 10.2 Å². The zero-order valence-corrected chi connectivity index (χ0v) is 14.0. The maximum atomic E-state index is 12.2. The highest BCUT2D eigenvalue weighted by Crippen LogP contribution is 2.17. The van der Waals surface area contributed by atoms with Gasteiger partial charge in [-0.3, -0.25) is 9.89 Å². The van der Waals surface area contributed by atoms with Crippen LogP contribution in [0.2, 0.25) is 0 Å². The standard InChI is InChI=1S/C17H12BrN5O/c18-13-2-5-14(6-3-13)22-17(24)12(8-19)9-20-15-4-1-11-10-21-23-16(11)7-15/h1-7,9-10,20H,(H,21,23)(H,22,24)/b12-9-. The number of hydrogen-bond donors (Lipinski definition) is 3. The molecule has 0 atom stereocenters. The molecule has 6 nitrogen and oxygen atoms in total. The number of hydrogen-bond acceptors (Lipinski definition) is 4. The molecule has 7 heteroatoms. The maximum absolute atomic E-state index is 12.2. The van der Waals surface area contributed by atoms with Gasteiger partial charge in [0, 0.05) is 27.4 Å². The van der Waals surface area contributed by atoms with Gasteiger partial charge in [-0.2, -0.15) is 10.4 Å². The Balaban J connectivity index is 1.72. The molecule has 2 aromatic carbocycles. The van der Waals surface area contributed by atoms with Crippen molar-refractivity contribution in [2.45, 2.75) is 0 Å². The summed E-state index contributed by atoms with van der Waals surface area (Å²) in [7, 11) is 0. The van der Waals surface area contributed by atoms with Crippen molar-refractivity contribution in [1.29, 1.82) is 5.26 Å². The molecule has 3 N–H and O–H groups in total. The van der Waals surface area contributed by atoms with E-state index < -0.39 is 5.91 Å². The predicted octanol–water partition coefficient (Wildman–Crippen LogP) is 3.78. The molecule has 1 amide bonds. The van der Waals surface area contributed by atoms with Crippen molar-refractivity contribution in [3.8, 4) is 6.07 Å². The second kappa shape index (κ2) is 6.98.